The number of hydrogen-bond acceptors (Lipinski definition) is 5. The lowest BCUT2D eigenvalue weighted by molar-refractivity contribution is 0.0667. The van der Waals surface area contributed by atoms with Gasteiger partial charge in [0.1, 0.15) is 11.6 Å². The standard InChI is InChI=1S/C23H24FN3OS/c24-18-14-17-21(27-11-5-4-8-20(27)16-6-2-1-3-7-16)9-12-28-22(17)15-19(18)26-23-25-10-13-29-23/h1-3,6-7,10,13-15,20-21H,4-5,8-9,11-12H2,(H,25,26)/t20-,21-/m0/s1. The molecular weight excluding hydrogens is 385 g/mol. The summed E-state index contributed by atoms with van der Waals surface area (Å²) in [5, 5.41) is 5.61. The number of hydrogen-bond donors (Lipinski definition) is 1. The van der Waals surface area contributed by atoms with E-state index in [2.05, 4.69) is 45.5 Å². The van der Waals surface area contributed by atoms with E-state index in [1.165, 1.54) is 29.7 Å². The Morgan fingerprint density at radius 3 is 2.83 bits per heavy atom. The second-order valence-electron chi connectivity index (χ2n) is 7.65. The number of piperidine rings is 1. The lowest BCUT2D eigenvalue weighted by Gasteiger charge is -2.43. The van der Waals surface area contributed by atoms with Crippen LogP contribution in [0, 0.1) is 5.82 Å². The number of nitrogens with one attached hydrogen (secondary N) is 1. The monoisotopic (exact) mass is 409 g/mol. The van der Waals surface area contributed by atoms with Gasteiger partial charge in [-0.3, -0.25) is 4.90 Å². The molecule has 6 heteroatoms. The van der Waals surface area contributed by atoms with Crippen LogP contribution in [0.1, 0.15) is 48.9 Å². The summed E-state index contributed by atoms with van der Waals surface area (Å²) in [6.45, 7) is 1.68. The summed E-state index contributed by atoms with van der Waals surface area (Å²) >= 11 is 1.45. The molecule has 29 heavy (non-hydrogen) atoms. The van der Waals surface area contributed by atoms with Crippen LogP contribution in [0.15, 0.2) is 54.0 Å². The maximum Gasteiger partial charge on any atom is 0.187 e. The minimum Gasteiger partial charge on any atom is -0.493 e. The molecule has 2 atom stereocenters. The van der Waals surface area contributed by atoms with Gasteiger partial charge < -0.3 is 10.1 Å². The van der Waals surface area contributed by atoms with Gasteiger partial charge in [-0.2, -0.15) is 0 Å². The van der Waals surface area contributed by atoms with E-state index in [0.29, 0.717) is 23.5 Å². The maximum absolute atomic E-state index is 15.0. The highest BCUT2D eigenvalue weighted by molar-refractivity contribution is 7.13. The van der Waals surface area contributed by atoms with Gasteiger partial charge in [0.25, 0.3) is 0 Å². The maximum atomic E-state index is 15.0. The summed E-state index contributed by atoms with van der Waals surface area (Å²) in [4.78, 5) is 6.75. The topological polar surface area (TPSA) is 37.4 Å². The Hall–Kier alpha value is -2.44. The average molecular weight is 410 g/mol. The lowest BCUT2D eigenvalue weighted by atomic mass is 9.89. The molecule has 0 radical (unpaired) electrons. The van der Waals surface area contributed by atoms with Crippen LogP contribution < -0.4 is 10.1 Å². The van der Waals surface area contributed by atoms with Crippen LogP contribution >= 0.6 is 11.3 Å². The van der Waals surface area contributed by atoms with Crippen molar-refractivity contribution in [2.75, 3.05) is 18.5 Å². The summed E-state index contributed by atoms with van der Waals surface area (Å²) in [5.41, 5.74) is 2.72. The molecule has 150 valence electrons. The van der Waals surface area contributed by atoms with E-state index >= 15 is 0 Å². The van der Waals surface area contributed by atoms with E-state index < -0.39 is 0 Å². The highest BCUT2D eigenvalue weighted by Gasteiger charge is 2.34. The van der Waals surface area contributed by atoms with Gasteiger partial charge in [-0.05, 0) is 31.0 Å². The first kappa shape index (κ1) is 18.6. The second kappa shape index (κ2) is 8.13. The average Bonchev–Trinajstić information content (AvgIpc) is 3.28. The molecule has 2 aliphatic rings. The van der Waals surface area contributed by atoms with Crippen molar-refractivity contribution in [3.63, 3.8) is 0 Å². The van der Waals surface area contributed by atoms with E-state index in [0.717, 1.165) is 30.7 Å². The van der Waals surface area contributed by atoms with E-state index in [4.69, 9.17) is 4.74 Å². The molecule has 1 fully saturated rings. The fraction of sp³-hybridized carbons (Fsp3) is 0.348. The first-order chi connectivity index (χ1) is 14.3. The van der Waals surface area contributed by atoms with Crippen molar-refractivity contribution in [1.29, 1.82) is 0 Å². The molecule has 0 unspecified atom stereocenters. The van der Waals surface area contributed by atoms with Crippen molar-refractivity contribution in [1.82, 2.24) is 9.88 Å². The Balaban J connectivity index is 1.47. The number of anilines is 2. The zero-order chi connectivity index (χ0) is 19.6. The molecule has 1 aromatic heterocycles. The molecule has 2 aromatic carbocycles. The predicted octanol–water partition coefficient (Wildman–Crippen LogP) is 6.08. The highest BCUT2D eigenvalue weighted by atomic mass is 32.1. The highest BCUT2D eigenvalue weighted by Crippen LogP contribution is 2.45. The number of thiazole rings is 1. The van der Waals surface area contributed by atoms with Gasteiger partial charge >= 0.3 is 0 Å². The van der Waals surface area contributed by atoms with Crippen LogP contribution in [0.2, 0.25) is 0 Å². The molecule has 5 rings (SSSR count). The molecule has 1 saturated heterocycles. The molecule has 0 bridgehead atoms. The third kappa shape index (κ3) is 3.74. The van der Waals surface area contributed by atoms with Gasteiger partial charge in [-0.1, -0.05) is 36.8 Å². The molecule has 1 N–H and O–H groups in total. The van der Waals surface area contributed by atoms with Crippen molar-refractivity contribution >= 4 is 22.2 Å². The summed E-state index contributed by atoms with van der Waals surface area (Å²) in [6, 6.07) is 14.7. The molecule has 4 nitrogen and oxygen atoms in total. The molecule has 3 heterocycles. The first-order valence-electron chi connectivity index (χ1n) is 10.2. The number of halogens is 1. The van der Waals surface area contributed by atoms with Crippen LogP contribution in [-0.4, -0.2) is 23.0 Å². The fourth-order valence-electron chi connectivity index (χ4n) is 4.59. The number of rotatable bonds is 4. The smallest absolute Gasteiger partial charge is 0.187 e. The van der Waals surface area contributed by atoms with Crippen LogP contribution in [0.5, 0.6) is 5.75 Å². The molecule has 2 aliphatic heterocycles. The van der Waals surface area contributed by atoms with Crippen molar-refractivity contribution in [2.45, 2.75) is 37.8 Å². The van der Waals surface area contributed by atoms with E-state index in [-0.39, 0.29) is 11.9 Å². The van der Waals surface area contributed by atoms with E-state index in [9.17, 15) is 4.39 Å². The van der Waals surface area contributed by atoms with Gasteiger partial charge in [0, 0.05) is 41.7 Å². The Kier molecular flexibility index (Phi) is 5.21. The molecule has 0 aliphatic carbocycles. The Morgan fingerprint density at radius 2 is 2.00 bits per heavy atom. The molecular formula is C23H24FN3OS. The van der Waals surface area contributed by atoms with Crippen molar-refractivity contribution in [3.05, 3.63) is 71.0 Å². The summed E-state index contributed by atoms with van der Waals surface area (Å²) in [6.07, 6.45) is 6.15. The summed E-state index contributed by atoms with van der Waals surface area (Å²) < 4.78 is 20.9. The zero-order valence-corrected chi connectivity index (χ0v) is 17.0. The lowest BCUT2D eigenvalue weighted by Crippen LogP contribution is -2.38. The molecule has 0 amide bonds. The predicted molar refractivity (Wildman–Crippen MR) is 114 cm³/mol. The molecule has 3 aromatic rings. The van der Waals surface area contributed by atoms with Crippen molar-refractivity contribution < 1.29 is 9.13 Å². The molecule has 0 spiro atoms. The van der Waals surface area contributed by atoms with Gasteiger partial charge in [-0.25, -0.2) is 9.37 Å². The summed E-state index contributed by atoms with van der Waals surface area (Å²) in [5.74, 6) is 0.516. The number of nitrogens with zero attached hydrogens (tertiary/aromatic N) is 2. The first-order valence-corrected chi connectivity index (χ1v) is 11.1. The number of likely N-dealkylation sites (tertiary alicyclic amines) is 1. The van der Waals surface area contributed by atoms with Gasteiger partial charge in [0.05, 0.1) is 12.3 Å². The Bertz CT molecular complexity index is 964. The van der Waals surface area contributed by atoms with Crippen LogP contribution in [0.3, 0.4) is 0 Å². The molecule has 0 saturated carbocycles. The largest absolute Gasteiger partial charge is 0.493 e. The van der Waals surface area contributed by atoms with E-state index in [1.807, 2.05) is 5.38 Å². The minimum atomic E-state index is -0.261. The number of aromatic nitrogens is 1. The Labute approximate surface area is 174 Å². The third-order valence-electron chi connectivity index (χ3n) is 5.91. The summed E-state index contributed by atoms with van der Waals surface area (Å²) in [7, 11) is 0. The SMILES string of the molecule is Fc1cc2c(cc1Nc1nccs1)OCC[C@@H]2N1CCCC[C@H]1c1ccccc1. The van der Waals surface area contributed by atoms with Gasteiger partial charge in [0.2, 0.25) is 0 Å². The van der Waals surface area contributed by atoms with E-state index in [1.54, 1.807) is 18.3 Å². The normalized spacial score (nSPS) is 22.0. The quantitative estimate of drug-likeness (QED) is 0.567. The van der Waals surface area contributed by atoms with Crippen LogP contribution in [0.4, 0.5) is 15.2 Å². The third-order valence-corrected chi connectivity index (χ3v) is 6.60. The number of fused-ring (bicyclic) bond motifs is 1. The fourth-order valence-corrected chi connectivity index (χ4v) is 5.13. The van der Waals surface area contributed by atoms with Gasteiger partial charge in [-0.15, -0.1) is 11.3 Å². The second-order valence-corrected chi connectivity index (χ2v) is 8.54. The minimum absolute atomic E-state index is 0.174. The van der Waals surface area contributed by atoms with Crippen molar-refractivity contribution in [3.8, 4) is 5.75 Å². The zero-order valence-electron chi connectivity index (χ0n) is 16.2. The number of ether oxygens (including phenoxy) is 1. The Morgan fingerprint density at radius 1 is 1.10 bits per heavy atom. The van der Waals surface area contributed by atoms with Gasteiger partial charge in [0.15, 0.2) is 5.13 Å². The van der Waals surface area contributed by atoms with Crippen LogP contribution in [-0.2, 0) is 0 Å². The number of benzene rings is 2. The van der Waals surface area contributed by atoms with Crippen LogP contribution in [0.25, 0.3) is 0 Å². The van der Waals surface area contributed by atoms with Crippen molar-refractivity contribution in [2.24, 2.45) is 0 Å².